The summed E-state index contributed by atoms with van der Waals surface area (Å²) in [5.74, 6) is 5.16. The second-order valence-corrected chi connectivity index (χ2v) is 3.79. The maximum Gasteiger partial charge on any atom is 0.0389 e. The van der Waals surface area contributed by atoms with E-state index in [-0.39, 0.29) is 0 Å². The van der Waals surface area contributed by atoms with Crippen LogP contribution >= 0.6 is 22.6 Å². The van der Waals surface area contributed by atoms with Crippen LogP contribution in [0.2, 0.25) is 0 Å². The second kappa shape index (κ2) is 4.45. The number of halogens is 1. The second-order valence-electron chi connectivity index (χ2n) is 2.63. The first-order valence-corrected chi connectivity index (χ1v) is 4.78. The van der Waals surface area contributed by atoms with Crippen LogP contribution in [0.25, 0.3) is 0 Å². The number of nitrogens with two attached hydrogens (primary N) is 1. The van der Waals surface area contributed by atoms with Gasteiger partial charge in [-0.2, -0.15) is 5.10 Å². The first-order chi connectivity index (χ1) is 5.74. The first-order valence-electron chi connectivity index (χ1n) is 3.71. The average molecular weight is 274 g/mol. The maximum atomic E-state index is 5.16. The minimum absolute atomic E-state index is 0.843. The molecule has 3 heteroatoms. The zero-order valence-electron chi connectivity index (χ0n) is 6.92. The highest BCUT2D eigenvalue weighted by Gasteiger charge is 1.99. The molecule has 0 saturated heterocycles. The predicted molar refractivity (Wildman–Crippen MR) is 60.2 cm³/mol. The number of rotatable bonds is 2. The molecule has 0 heterocycles. The van der Waals surface area contributed by atoms with Gasteiger partial charge in [-0.15, -0.1) is 0 Å². The Kier molecular flexibility index (Phi) is 3.52. The summed E-state index contributed by atoms with van der Waals surface area (Å²) < 4.78 is 1.26. The molecule has 0 aromatic heterocycles. The highest BCUT2D eigenvalue weighted by Crippen LogP contribution is 2.12. The van der Waals surface area contributed by atoms with Gasteiger partial charge in [-0.05, 0) is 41.1 Å². The molecule has 1 aromatic carbocycles. The fraction of sp³-hybridized carbons (Fsp3) is 0.222. The third kappa shape index (κ3) is 2.48. The number of hydrogen-bond donors (Lipinski definition) is 1. The molecule has 1 rings (SSSR count). The van der Waals surface area contributed by atoms with E-state index in [0.717, 1.165) is 12.1 Å². The summed E-state index contributed by atoms with van der Waals surface area (Å²) >= 11 is 2.31. The standard InChI is InChI=1S/C9H11IN2/c1-7(12-11)6-8-4-2-3-5-9(8)10/h2-5H,6,11H2,1H3/b12-7-. The Balaban J connectivity index is 2.82. The Hall–Kier alpha value is -0.580. The number of nitrogens with zero attached hydrogens (tertiary/aromatic N) is 1. The largest absolute Gasteiger partial charge is 0.323 e. The van der Waals surface area contributed by atoms with Gasteiger partial charge in [-0.3, -0.25) is 0 Å². The van der Waals surface area contributed by atoms with Crippen molar-refractivity contribution < 1.29 is 0 Å². The molecule has 0 saturated carbocycles. The quantitative estimate of drug-likeness (QED) is 0.381. The summed E-state index contributed by atoms with van der Waals surface area (Å²) in [6.45, 7) is 1.93. The van der Waals surface area contributed by atoms with Crippen molar-refractivity contribution in [2.45, 2.75) is 13.3 Å². The van der Waals surface area contributed by atoms with Crippen molar-refractivity contribution in [3.63, 3.8) is 0 Å². The molecule has 0 spiro atoms. The van der Waals surface area contributed by atoms with E-state index in [9.17, 15) is 0 Å². The van der Waals surface area contributed by atoms with E-state index in [1.54, 1.807) is 0 Å². The molecule has 2 N–H and O–H groups in total. The SMILES string of the molecule is C/C(Cc1ccccc1I)=N/N. The van der Waals surface area contributed by atoms with Gasteiger partial charge in [0.05, 0.1) is 0 Å². The van der Waals surface area contributed by atoms with Gasteiger partial charge in [0.2, 0.25) is 0 Å². The van der Waals surface area contributed by atoms with E-state index in [4.69, 9.17) is 5.84 Å². The molecule has 0 unspecified atom stereocenters. The van der Waals surface area contributed by atoms with Gasteiger partial charge in [0.1, 0.15) is 0 Å². The van der Waals surface area contributed by atoms with Crippen LogP contribution in [-0.2, 0) is 6.42 Å². The Morgan fingerprint density at radius 3 is 2.75 bits per heavy atom. The number of hydrazone groups is 1. The minimum atomic E-state index is 0.843. The Morgan fingerprint density at radius 2 is 2.17 bits per heavy atom. The molecule has 0 atom stereocenters. The predicted octanol–water partition coefficient (Wildman–Crippen LogP) is 2.17. The lowest BCUT2D eigenvalue weighted by atomic mass is 10.1. The molecule has 0 aliphatic rings. The first kappa shape index (κ1) is 9.51. The smallest absolute Gasteiger partial charge is 0.0389 e. The zero-order chi connectivity index (χ0) is 8.97. The van der Waals surface area contributed by atoms with Gasteiger partial charge in [-0.1, -0.05) is 18.2 Å². The summed E-state index contributed by atoms with van der Waals surface area (Å²) in [7, 11) is 0. The van der Waals surface area contributed by atoms with Crippen LogP contribution in [0, 0.1) is 3.57 Å². The van der Waals surface area contributed by atoms with Crippen LogP contribution in [0.5, 0.6) is 0 Å². The molecular formula is C9H11IN2. The van der Waals surface area contributed by atoms with E-state index in [2.05, 4.69) is 39.8 Å². The Bertz CT molecular complexity index is 294. The van der Waals surface area contributed by atoms with Crippen molar-refractivity contribution in [1.82, 2.24) is 0 Å². The van der Waals surface area contributed by atoms with Gasteiger partial charge >= 0.3 is 0 Å². The average Bonchev–Trinajstić information content (AvgIpc) is 2.09. The summed E-state index contributed by atoms with van der Waals surface area (Å²) in [4.78, 5) is 0. The molecule has 2 nitrogen and oxygen atoms in total. The molecule has 12 heavy (non-hydrogen) atoms. The zero-order valence-corrected chi connectivity index (χ0v) is 9.08. The van der Waals surface area contributed by atoms with Crippen LogP contribution in [-0.4, -0.2) is 5.71 Å². The van der Waals surface area contributed by atoms with Crippen molar-refractivity contribution in [2.24, 2.45) is 10.9 Å². The Labute approximate surface area is 86.0 Å². The van der Waals surface area contributed by atoms with Crippen molar-refractivity contribution in [3.05, 3.63) is 33.4 Å². The van der Waals surface area contributed by atoms with Crippen molar-refractivity contribution in [3.8, 4) is 0 Å². The van der Waals surface area contributed by atoms with Gasteiger partial charge in [0.15, 0.2) is 0 Å². The van der Waals surface area contributed by atoms with Gasteiger partial charge in [0, 0.05) is 15.7 Å². The summed E-state index contributed by atoms with van der Waals surface area (Å²) in [5.41, 5.74) is 2.24. The van der Waals surface area contributed by atoms with E-state index in [1.807, 2.05) is 19.1 Å². The topological polar surface area (TPSA) is 38.4 Å². The maximum absolute atomic E-state index is 5.16. The minimum Gasteiger partial charge on any atom is -0.323 e. The lowest BCUT2D eigenvalue weighted by molar-refractivity contribution is 1.18. The van der Waals surface area contributed by atoms with Crippen molar-refractivity contribution in [1.29, 1.82) is 0 Å². The van der Waals surface area contributed by atoms with Crippen LogP contribution in [0.15, 0.2) is 29.4 Å². The van der Waals surface area contributed by atoms with Gasteiger partial charge in [-0.25, -0.2) is 0 Å². The lowest BCUT2D eigenvalue weighted by Crippen LogP contribution is -2.02. The van der Waals surface area contributed by atoms with E-state index in [1.165, 1.54) is 9.13 Å². The molecule has 0 amide bonds. The van der Waals surface area contributed by atoms with E-state index >= 15 is 0 Å². The monoisotopic (exact) mass is 274 g/mol. The fourth-order valence-electron chi connectivity index (χ4n) is 0.963. The third-order valence-electron chi connectivity index (χ3n) is 1.62. The van der Waals surface area contributed by atoms with E-state index < -0.39 is 0 Å². The summed E-state index contributed by atoms with van der Waals surface area (Å²) in [5, 5.41) is 3.64. The van der Waals surface area contributed by atoms with E-state index in [0.29, 0.717) is 0 Å². The van der Waals surface area contributed by atoms with Crippen LogP contribution < -0.4 is 5.84 Å². The number of hydrogen-bond acceptors (Lipinski definition) is 2. The van der Waals surface area contributed by atoms with Crippen molar-refractivity contribution in [2.75, 3.05) is 0 Å². The third-order valence-corrected chi connectivity index (χ3v) is 2.68. The van der Waals surface area contributed by atoms with Crippen LogP contribution in [0.4, 0.5) is 0 Å². The molecule has 0 fully saturated rings. The normalized spacial score (nSPS) is 11.7. The molecule has 64 valence electrons. The molecular weight excluding hydrogens is 263 g/mol. The molecule has 0 aliphatic heterocycles. The van der Waals surface area contributed by atoms with Crippen LogP contribution in [0.3, 0.4) is 0 Å². The van der Waals surface area contributed by atoms with Crippen molar-refractivity contribution >= 4 is 28.3 Å². The molecule has 1 aromatic rings. The highest BCUT2D eigenvalue weighted by atomic mass is 127. The number of benzene rings is 1. The molecule has 0 bridgehead atoms. The molecule has 0 aliphatic carbocycles. The Morgan fingerprint density at radius 1 is 1.50 bits per heavy atom. The lowest BCUT2D eigenvalue weighted by Gasteiger charge is -2.01. The summed E-state index contributed by atoms with van der Waals surface area (Å²) in [6, 6.07) is 8.23. The summed E-state index contributed by atoms with van der Waals surface area (Å²) in [6.07, 6.45) is 0.843. The van der Waals surface area contributed by atoms with Gasteiger partial charge < -0.3 is 5.84 Å². The van der Waals surface area contributed by atoms with Crippen LogP contribution in [0.1, 0.15) is 12.5 Å². The fourth-order valence-corrected chi connectivity index (χ4v) is 1.54. The molecule has 0 radical (unpaired) electrons. The highest BCUT2D eigenvalue weighted by molar-refractivity contribution is 14.1. The van der Waals surface area contributed by atoms with Gasteiger partial charge in [0.25, 0.3) is 0 Å².